The number of rotatable bonds is 10. The van der Waals surface area contributed by atoms with Crippen molar-refractivity contribution in [1.82, 2.24) is 10.2 Å². The molecule has 3 heteroatoms. The molecule has 0 atom stereocenters. The summed E-state index contributed by atoms with van der Waals surface area (Å²) in [5.41, 5.74) is 1.29. The molecule has 1 N–H and O–H groups in total. The van der Waals surface area contributed by atoms with Crippen LogP contribution in [0.5, 0.6) is 5.75 Å². The fourth-order valence-electron chi connectivity index (χ4n) is 1.88. The summed E-state index contributed by atoms with van der Waals surface area (Å²) >= 11 is 0. The van der Waals surface area contributed by atoms with E-state index in [0.29, 0.717) is 0 Å². The van der Waals surface area contributed by atoms with Crippen LogP contribution in [0, 0.1) is 0 Å². The SMILES string of the molecule is CCCOc1cccc(CNCCCCN(C)C)c1. The van der Waals surface area contributed by atoms with Crippen LogP contribution >= 0.6 is 0 Å². The topological polar surface area (TPSA) is 24.5 Å². The van der Waals surface area contributed by atoms with E-state index in [9.17, 15) is 0 Å². The Morgan fingerprint density at radius 2 is 2.05 bits per heavy atom. The number of nitrogens with zero attached hydrogens (tertiary/aromatic N) is 1. The smallest absolute Gasteiger partial charge is 0.119 e. The van der Waals surface area contributed by atoms with E-state index in [-0.39, 0.29) is 0 Å². The number of hydrogen-bond acceptors (Lipinski definition) is 3. The Balaban J connectivity index is 2.18. The molecule has 0 aromatic heterocycles. The van der Waals surface area contributed by atoms with Crippen LogP contribution in [0.15, 0.2) is 24.3 Å². The van der Waals surface area contributed by atoms with Crippen molar-refractivity contribution in [2.75, 3.05) is 33.8 Å². The van der Waals surface area contributed by atoms with E-state index < -0.39 is 0 Å². The van der Waals surface area contributed by atoms with Crippen LogP contribution in [0.4, 0.5) is 0 Å². The minimum atomic E-state index is 0.793. The molecule has 1 aromatic rings. The van der Waals surface area contributed by atoms with Crippen LogP contribution in [0.1, 0.15) is 31.7 Å². The van der Waals surface area contributed by atoms with E-state index in [2.05, 4.69) is 49.4 Å². The highest BCUT2D eigenvalue weighted by Crippen LogP contribution is 2.13. The second-order valence-corrected chi connectivity index (χ2v) is 5.18. The number of benzene rings is 1. The molecule has 0 saturated heterocycles. The van der Waals surface area contributed by atoms with Crippen molar-refractivity contribution in [3.05, 3.63) is 29.8 Å². The molecule has 0 heterocycles. The zero-order valence-electron chi connectivity index (χ0n) is 12.6. The van der Waals surface area contributed by atoms with Gasteiger partial charge in [0.25, 0.3) is 0 Å². The summed E-state index contributed by atoms with van der Waals surface area (Å²) in [5.74, 6) is 0.980. The largest absolute Gasteiger partial charge is 0.494 e. The molecule has 0 unspecified atom stereocenters. The van der Waals surface area contributed by atoms with Gasteiger partial charge in [0.2, 0.25) is 0 Å². The highest BCUT2D eigenvalue weighted by molar-refractivity contribution is 5.28. The van der Waals surface area contributed by atoms with Crippen molar-refractivity contribution in [1.29, 1.82) is 0 Å². The van der Waals surface area contributed by atoms with E-state index in [1.807, 2.05) is 6.07 Å². The molecule has 1 rings (SSSR count). The van der Waals surface area contributed by atoms with Crippen LogP contribution in [0.25, 0.3) is 0 Å². The molecule has 0 bridgehead atoms. The Labute approximate surface area is 118 Å². The fourth-order valence-corrected chi connectivity index (χ4v) is 1.88. The van der Waals surface area contributed by atoms with Crippen LogP contribution in [-0.2, 0) is 6.54 Å². The first-order valence-corrected chi connectivity index (χ1v) is 7.29. The van der Waals surface area contributed by atoms with Gasteiger partial charge in [-0.25, -0.2) is 0 Å². The van der Waals surface area contributed by atoms with Crippen molar-refractivity contribution in [2.24, 2.45) is 0 Å². The van der Waals surface area contributed by atoms with E-state index >= 15 is 0 Å². The van der Waals surface area contributed by atoms with Gasteiger partial charge >= 0.3 is 0 Å². The van der Waals surface area contributed by atoms with Crippen molar-refractivity contribution in [3.8, 4) is 5.75 Å². The normalized spacial score (nSPS) is 10.9. The molecule has 0 saturated carbocycles. The molecule has 108 valence electrons. The molecular weight excluding hydrogens is 236 g/mol. The zero-order valence-corrected chi connectivity index (χ0v) is 12.6. The van der Waals surface area contributed by atoms with Gasteiger partial charge in [-0.2, -0.15) is 0 Å². The summed E-state index contributed by atoms with van der Waals surface area (Å²) in [4.78, 5) is 2.23. The first-order chi connectivity index (χ1) is 9.22. The van der Waals surface area contributed by atoms with Crippen LogP contribution < -0.4 is 10.1 Å². The zero-order chi connectivity index (χ0) is 13.9. The van der Waals surface area contributed by atoms with Gasteiger partial charge in [0.15, 0.2) is 0 Å². The molecule has 0 amide bonds. The Kier molecular flexibility index (Phi) is 8.26. The van der Waals surface area contributed by atoms with Crippen molar-refractivity contribution >= 4 is 0 Å². The van der Waals surface area contributed by atoms with Crippen LogP contribution in [-0.4, -0.2) is 38.7 Å². The Morgan fingerprint density at radius 1 is 1.21 bits per heavy atom. The summed E-state index contributed by atoms with van der Waals surface area (Å²) in [5, 5.41) is 3.48. The summed E-state index contributed by atoms with van der Waals surface area (Å²) in [7, 11) is 4.24. The van der Waals surface area contributed by atoms with E-state index in [1.54, 1.807) is 0 Å². The average Bonchev–Trinajstić information content (AvgIpc) is 2.40. The predicted octanol–water partition coefficient (Wildman–Crippen LogP) is 2.91. The third-order valence-electron chi connectivity index (χ3n) is 2.91. The third-order valence-corrected chi connectivity index (χ3v) is 2.91. The average molecular weight is 264 g/mol. The second kappa shape index (κ2) is 9.82. The maximum Gasteiger partial charge on any atom is 0.119 e. The Hall–Kier alpha value is -1.06. The standard InChI is InChI=1S/C16H28N2O/c1-4-12-19-16-9-7-8-15(13-16)14-17-10-5-6-11-18(2)3/h7-9,13,17H,4-6,10-12,14H2,1-3H3. The van der Waals surface area contributed by atoms with Gasteiger partial charge in [0.05, 0.1) is 6.61 Å². The highest BCUT2D eigenvalue weighted by atomic mass is 16.5. The molecule has 19 heavy (non-hydrogen) atoms. The minimum absolute atomic E-state index is 0.793. The monoisotopic (exact) mass is 264 g/mol. The van der Waals surface area contributed by atoms with Gasteiger partial charge in [0.1, 0.15) is 5.75 Å². The summed E-state index contributed by atoms with van der Waals surface area (Å²) in [6, 6.07) is 8.36. The molecule has 0 spiro atoms. The predicted molar refractivity (Wildman–Crippen MR) is 81.7 cm³/mol. The highest BCUT2D eigenvalue weighted by Gasteiger charge is 1.97. The molecule has 0 aliphatic rings. The maximum atomic E-state index is 5.63. The van der Waals surface area contributed by atoms with Gasteiger partial charge in [0, 0.05) is 6.54 Å². The van der Waals surface area contributed by atoms with E-state index in [1.165, 1.54) is 24.9 Å². The molecule has 3 nitrogen and oxygen atoms in total. The maximum absolute atomic E-state index is 5.63. The Bertz CT molecular complexity index is 339. The minimum Gasteiger partial charge on any atom is -0.494 e. The second-order valence-electron chi connectivity index (χ2n) is 5.18. The third kappa shape index (κ3) is 7.85. The lowest BCUT2D eigenvalue weighted by Crippen LogP contribution is -2.18. The molecule has 0 fully saturated rings. The van der Waals surface area contributed by atoms with Gasteiger partial charge in [-0.1, -0.05) is 19.1 Å². The van der Waals surface area contributed by atoms with Crippen LogP contribution in [0.2, 0.25) is 0 Å². The van der Waals surface area contributed by atoms with Crippen molar-refractivity contribution in [3.63, 3.8) is 0 Å². The van der Waals surface area contributed by atoms with Gasteiger partial charge in [-0.05, 0) is 64.1 Å². The number of hydrogen-bond donors (Lipinski definition) is 1. The number of nitrogens with one attached hydrogen (secondary N) is 1. The quantitative estimate of drug-likeness (QED) is 0.658. The molecular formula is C16H28N2O. The van der Waals surface area contributed by atoms with Gasteiger partial charge in [-0.15, -0.1) is 0 Å². The molecule has 0 aliphatic heterocycles. The Morgan fingerprint density at radius 3 is 2.79 bits per heavy atom. The van der Waals surface area contributed by atoms with E-state index in [4.69, 9.17) is 4.74 Å². The first kappa shape index (κ1) is 16.0. The lowest BCUT2D eigenvalue weighted by molar-refractivity contribution is 0.317. The fraction of sp³-hybridized carbons (Fsp3) is 0.625. The van der Waals surface area contributed by atoms with Crippen LogP contribution in [0.3, 0.4) is 0 Å². The van der Waals surface area contributed by atoms with Crippen molar-refractivity contribution < 1.29 is 4.74 Å². The summed E-state index contributed by atoms with van der Waals surface area (Å²) < 4.78 is 5.63. The van der Waals surface area contributed by atoms with Gasteiger partial charge in [-0.3, -0.25) is 0 Å². The molecule has 0 radical (unpaired) electrons. The summed E-state index contributed by atoms with van der Waals surface area (Å²) in [6.45, 7) is 6.09. The van der Waals surface area contributed by atoms with Gasteiger partial charge < -0.3 is 15.0 Å². The van der Waals surface area contributed by atoms with E-state index in [0.717, 1.165) is 31.9 Å². The lowest BCUT2D eigenvalue weighted by Gasteiger charge is -2.10. The number of unbranched alkanes of at least 4 members (excludes halogenated alkanes) is 1. The lowest BCUT2D eigenvalue weighted by atomic mass is 10.2. The molecule has 0 aliphatic carbocycles. The number of ether oxygens (including phenoxy) is 1. The first-order valence-electron chi connectivity index (χ1n) is 7.29. The van der Waals surface area contributed by atoms with Crippen molar-refractivity contribution in [2.45, 2.75) is 32.7 Å². The molecule has 1 aromatic carbocycles. The summed E-state index contributed by atoms with van der Waals surface area (Å²) in [6.07, 6.45) is 3.53.